The van der Waals surface area contributed by atoms with Gasteiger partial charge in [-0.15, -0.1) is 11.6 Å². The Morgan fingerprint density at radius 3 is 2.78 bits per heavy atom. The van der Waals surface area contributed by atoms with Crippen LogP contribution >= 0.6 is 11.6 Å². The molecular formula is C14H14ClNO2. The number of hydrogen-bond donors (Lipinski definition) is 0. The zero-order chi connectivity index (χ0) is 12.8. The molecule has 1 aromatic carbocycles. The fourth-order valence-electron chi connectivity index (χ4n) is 1.50. The number of nitrogens with zero attached hydrogens (tertiary/aromatic N) is 1. The lowest BCUT2D eigenvalue weighted by Gasteiger charge is -2.07. The molecule has 0 saturated carbocycles. The van der Waals surface area contributed by atoms with Crippen LogP contribution in [0.25, 0.3) is 0 Å². The van der Waals surface area contributed by atoms with Gasteiger partial charge in [0.25, 0.3) is 0 Å². The van der Waals surface area contributed by atoms with Gasteiger partial charge in [0.1, 0.15) is 11.5 Å². The number of ether oxygens (including phenoxy) is 2. The number of benzene rings is 1. The van der Waals surface area contributed by atoms with E-state index >= 15 is 0 Å². The second-order valence-electron chi connectivity index (χ2n) is 3.65. The van der Waals surface area contributed by atoms with Gasteiger partial charge < -0.3 is 9.47 Å². The number of alkyl halides is 1. The molecule has 18 heavy (non-hydrogen) atoms. The molecule has 2 rings (SSSR count). The van der Waals surface area contributed by atoms with E-state index in [-0.39, 0.29) is 0 Å². The molecule has 0 bridgehead atoms. The highest BCUT2D eigenvalue weighted by atomic mass is 35.5. The van der Waals surface area contributed by atoms with E-state index in [9.17, 15) is 0 Å². The minimum Gasteiger partial charge on any atom is -0.494 e. The molecule has 0 saturated heterocycles. The molecule has 0 aliphatic heterocycles. The SMILES string of the molecule is CCOc1cccc(Oc2cc(CCl)ccn2)c1. The predicted molar refractivity (Wildman–Crippen MR) is 71.5 cm³/mol. The largest absolute Gasteiger partial charge is 0.494 e. The molecule has 0 unspecified atom stereocenters. The van der Waals surface area contributed by atoms with Crippen LogP contribution in [-0.2, 0) is 5.88 Å². The Labute approximate surface area is 111 Å². The molecule has 2 aromatic rings. The second-order valence-corrected chi connectivity index (χ2v) is 3.91. The zero-order valence-electron chi connectivity index (χ0n) is 10.1. The fourth-order valence-corrected chi connectivity index (χ4v) is 1.67. The van der Waals surface area contributed by atoms with E-state index in [1.807, 2.05) is 43.3 Å². The maximum atomic E-state index is 5.77. The van der Waals surface area contributed by atoms with Crippen molar-refractivity contribution in [1.82, 2.24) is 4.98 Å². The molecule has 0 aliphatic rings. The average molecular weight is 264 g/mol. The van der Waals surface area contributed by atoms with E-state index in [1.165, 1.54) is 0 Å². The lowest BCUT2D eigenvalue weighted by molar-refractivity contribution is 0.338. The molecule has 94 valence electrons. The highest BCUT2D eigenvalue weighted by molar-refractivity contribution is 6.17. The van der Waals surface area contributed by atoms with Crippen molar-refractivity contribution >= 4 is 11.6 Å². The summed E-state index contributed by atoms with van der Waals surface area (Å²) in [7, 11) is 0. The first-order valence-electron chi connectivity index (χ1n) is 5.73. The summed E-state index contributed by atoms with van der Waals surface area (Å²) in [5, 5.41) is 0. The summed E-state index contributed by atoms with van der Waals surface area (Å²) in [5.41, 5.74) is 0.975. The van der Waals surface area contributed by atoms with Crippen LogP contribution in [0.5, 0.6) is 17.4 Å². The number of halogens is 1. The van der Waals surface area contributed by atoms with Gasteiger partial charge in [-0.05, 0) is 30.7 Å². The van der Waals surface area contributed by atoms with Gasteiger partial charge in [-0.2, -0.15) is 0 Å². The Morgan fingerprint density at radius 2 is 2.00 bits per heavy atom. The molecule has 3 nitrogen and oxygen atoms in total. The van der Waals surface area contributed by atoms with Crippen molar-refractivity contribution in [3.8, 4) is 17.4 Å². The van der Waals surface area contributed by atoms with Crippen LogP contribution in [0.15, 0.2) is 42.6 Å². The van der Waals surface area contributed by atoms with E-state index in [0.29, 0.717) is 24.1 Å². The minimum absolute atomic E-state index is 0.442. The van der Waals surface area contributed by atoms with Gasteiger partial charge in [0.05, 0.1) is 6.61 Å². The Balaban J connectivity index is 2.14. The van der Waals surface area contributed by atoms with Gasteiger partial charge in [0.15, 0.2) is 0 Å². The van der Waals surface area contributed by atoms with Gasteiger partial charge in [-0.3, -0.25) is 0 Å². The van der Waals surface area contributed by atoms with Crippen molar-refractivity contribution in [3.63, 3.8) is 0 Å². The van der Waals surface area contributed by atoms with Crippen LogP contribution in [0.3, 0.4) is 0 Å². The monoisotopic (exact) mass is 263 g/mol. The normalized spacial score (nSPS) is 10.1. The number of hydrogen-bond acceptors (Lipinski definition) is 3. The Hall–Kier alpha value is -1.74. The number of pyridine rings is 1. The van der Waals surface area contributed by atoms with Crippen LogP contribution in [0.4, 0.5) is 0 Å². The number of aromatic nitrogens is 1. The summed E-state index contributed by atoms with van der Waals surface area (Å²) in [6, 6.07) is 11.1. The molecule has 0 fully saturated rings. The van der Waals surface area contributed by atoms with E-state index in [0.717, 1.165) is 11.3 Å². The topological polar surface area (TPSA) is 31.4 Å². The molecule has 1 heterocycles. The van der Waals surface area contributed by atoms with Crippen LogP contribution in [0, 0.1) is 0 Å². The first-order valence-corrected chi connectivity index (χ1v) is 6.27. The summed E-state index contributed by atoms with van der Waals surface area (Å²) in [4.78, 5) is 4.14. The first-order chi connectivity index (χ1) is 8.81. The maximum Gasteiger partial charge on any atom is 0.219 e. The van der Waals surface area contributed by atoms with Crippen LogP contribution in [-0.4, -0.2) is 11.6 Å². The minimum atomic E-state index is 0.442. The van der Waals surface area contributed by atoms with Crippen LogP contribution < -0.4 is 9.47 Å². The van der Waals surface area contributed by atoms with Gasteiger partial charge in [-0.25, -0.2) is 4.98 Å². The third-order valence-corrected chi connectivity index (χ3v) is 2.60. The summed E-state index contributed by atoms with van der Waals surface area (Å²) in [6.45, 7) is 2.57. The van der Waals surface area contributed by atoms with Gasteiger partial charge in [0.2, 0.25) is 5.88 Å². The molecule has 0 aliphatic carbocycles. The third-order valence-electron chi connectivity index (χ3n) is 2.29. The van der Waals surface area contributed by atoms with E-state index < -0.39 is 0 Å². The second kappa shape index (κ2) is 6.26. The van der Waals surface area contributed by atoms with E-state index in [2.05, 4.69) is 4.98 Å². The zero-order valence-corrected chi connectivity index (χ0v) is 10.9. The lowest BCUT2D eigenvalue weighted by Crippen LogP contribution is -1.93. The fraction of sp³-hybridized carbons (Fsp3) is 0.214. The Kier molecular flexibility index (Phi) is 4.42. The summed E-state index contributed by atoms with van der Waals surface area (Å²) >= 11 is 5.77. The van der Waals surface area contributed by atoms with Crippen LogP contribution in [0.1, 0.15) is 12.5 Å². The lowest BCUT2D eigenvalue weighted by atomic mass is 10.3. The third kappa shape index (κ3) is 3.37. The van der Waals surface area contributed by atoms with E-state index in [4.69, 9.17) is 21.1 Å². The Morgan fingerprint density at radius 1 is 1.17 bits per heavy atom. The van der Waals surface area contributed by atoms with Crippen molar-refractivity contribution in [1.29, 1.82) is 0 Å². The summed E-state index contributed by atoms with van der Waals surface area (Å²) in [6.07, 6.45) is 1.68. The molecular weight excluding hydrogens is 250 g/mol. The highest BCUT2D eigenvalue weighted by Gasteiger charge is 2.01. The van der Waals surface area contributed by atoms with Gasteiger partial charge >= 0.3 is 0 Å². The highest BCUT2D eigenvalue weighted by Crippen LogP contribution is 2.24. The summed E-state index contributed by atoms with van der Waals surface area (Å²) < 4.78 is 11.1. The number of rotatable bonds is 5. The van der Waals surface area contributed by atoms with E-state index in [1.54, 1.807) is 6.20 Å². The van der Waals surface area contributed by atoms with Crippen molar-refractivity contribution in [2.75, 3.05) is 6.61 Å². The maximum absolute atomic E-state index is 5.77. The van der Waals surface area contributed by atoms with Crippen molar-refractivity contribution in [3.05, 3.63) is 48.2 Å². The predicted octanol–water partition coefficient (Wildman–Crippen LogP) is 4.01. The smallest absolute Gasteiger partial charge is 0.219 e. The van der Waals surface area contributed by atoms with Crippen molar-refractivity contribution in [2.24, 2.45) is 0 Å². The standard InChI is InChI=1S/C14H14ClNO2/c1-2-17-12-4-3-5-13(9-12)18-14-8-11(10-15)6-7-16-14/h3-9H,2,10H2,1H3. The molecule has 0 spiro atoms. The van der Waals surface area contributed by atoms with Crippen molar-refractivity contribution in [2.45, 2.75) is 12.8 Å². The van der Waals surface area contributed by atoms with Gasteiger partial charge in [0, 0.05) is 24.2 Å². The first kappa shape index (κ1) is 12.7. The quantitative estimate of drug-likeness (QED) is 0.764. The molecule has 1 aromatic heterocycles. The molecule has 0 N–H and O–H groups in total. The average Bonchev–Trinajstić information content (AvgIpc) is 2.40. The van der Waals surface area contributed by atoms with Gasteiger partial charge in [-0.1, -0.05) is 6.07 Å². The molecule has 0 radical (unpaired) electrons. The van der Waals surface area contributed by atoms with Crippen molar-refractivity contribution < 1.29 is 9.47 Å². The Bertz CT molecular complexity index is 517. The summed E-state index contributed by atoms with van der Waals surface area (Å²) in [5.74, 6) is 2.45. The molecule has 0 atom stereocenters. The van der Waals surface area contributed by atoms with Crippen LogP contribution in [0.2, 0.25) is 0 Å². The molecule has 0 amide bonds. The molecule has 4 heteroatoms.